The number of hydrogen-bond acceptors (Lipinski definition) is 4. The van der Waals surface area contributed by atoms with E-state index in [1.54, 1.807) is 0 Å². The quantitative estimate of drug-likeness (QED) is 0.464. The molecule has 0 unspecified atom stereocenters. The summed E-state index contributed by atoms with van der Waals surface area (Å²) in [6, 6.07) is 2.55. The van der Waals surface area contributed by atoms with Crippen molar-refractivity contribution in [3.63, 3.8) is 0 Å². The summed E-state index contributed by atoms with van der Waals surface area (Å²) < 4.78 is 5.68. The Hall–Kier alpha value is -2.23. The number of phenolic OH excluding ortho intramolecular Hbond substituents is 2. The minimum atomic E-state index is -0.246. The Bertz CT molecular complexity index is 652. The molecule has 0 heterocycles. The molecule has 0 aliphatic heterocycles. The zero-order valence-electron chi connectivity index (χ0n) is 15.9. The Morgan fingerprint density at radius 1 is 1.20 bits per heavy atom. The predicted molar refractivity (Wildman–Crippen MR) is 101 cm³/mol. The van der Waals surface area contributed by atoms with Crippen LogP contribution in [0.2, 0.25) is 0 Å². The van der Waals surface area contributed by atoms with Gasteiger partial charge in [0.2, 0.25) is 0 Å². The van der Waals surface area contributed by atoms with Gasteiger partial charge in [-0.05, 0) is 46.1 Å². The molecule has 0 fully saturated rings. The molecule has 0 aliphatic carbocycles. The summed E-state index contributed by atoms with van der Waals surface area (Å²) in [5.41, 5.74) is 2.63. The van der Waals surface area contributed by atoms with E-state index >= 15 is 0 Å². The molecule has 0 saturated heterocycles. The Balaban J connectivity index is 2.87. The summed E-state index contributed by atoms with van der Waals surface area (Å²) in [7, 11) is 0. The van der Waals surface area contributed by atoms with Crippen molar-refractivity contribution in [2.45, 2.75) is 53.9 Å². The Morgan fingerprint density at radius 3 is 2.48 bits per heavy atom. The number of allylic oxidation sites excluding steroid dienone is 3. The molecule has 1 aromatic carbocycles. The molecule has 4 nitrogen and oxygen atoms in total. The molecule has 2 N–H and O–H groups in total. The molecule has 1 atom stereocenters. The molecule has 1 aromatic rings. The molecule has 0 spiro atoms. The van der Waals surface area contributed by atoms with E-state index in [9.17, 15) is 15.0 Å². The largest absolute Gasteiger partial charge is 0.508 e. The highest BCUT2D eigenvalue weighted by atomic mass is 16.5. The smallest absolute Gasteiger partial charge is 0.173 e. The van der Waals surface area contributed by atoms with Crippen LogP contribution in [0.15, 0.2) is 35.4 Å². The van der Waals surface area contributed by atoms with Crippen LogP contribution in [-0.4, -0.2) is 22.6 Å². The van der Waals surface area contributed by atoms with Gasteiger partial charge in [0.15, 0.2) is 5.78 Å². The van der Waals surface area contributed by atoms with E-state index in [2.05, 4.69) is 19.9 Å². The monoisotopic (exact) mass is 346 g/mol. The van der Waals surface area contributed by atoms with Crippen LogP contribution >= 0.6 is 0 Å². The number of benzene rings is 1. The first-order valence-electron chi connectivity index (χ1n) is 8.78. The van der Waals surface area contributed by atoms with Gasteiger partial charge in [-0.25, -0.2) is 0 Å². The molecule has 0 amide bonds. The van der Waals surface area contributed by atoms with E-state index in [0.717, 1.165) is 12.8 Å². The number of aromatic hydroxyl groups is 2. The number of ketones is 1. The lowest BCUT2D eigenvalue weighted by Crippen LogP contribution is -2.12. The highest BCUT2D eigenvalue weighted by Crippen LogP contribution is 2.35. The van der Waals surface area contributed by atoms with Gasteiger partial charge in [0.25, 0.3) is 0 Å². The number of rotatable bonds is 9. The van der Waals surface area contributed by atoms with E-state index in [-0.39, 0.29) is 41.1 Å². The number of carbonyl (C=O) groups excluding carboxylic acids is 1. The van der Waals surface area contributed by atoms with Crippen molar-refractivity contribution in [3.05, 3.63) is 41.0 Å². The van der Waals surface area contributed by atoms with E-state index in [0.29, 0.717) is 6.42 Å². The highest BCUT2D eigenvalue weighted by molar-refractivity contribution is 6.02. The molecule has 1 rings (SSSR count). The summed E-state index contributed by atoms with van der Waals surface area (Å²) in [5.74, 6) is -0.559. The number of carbonyl (C=O) groups is 1. The summed E-state index contributed by atoms with van der Waals surface area (Å²) in [6.07, 6.45) is 6.74. The van der Waals surface area contributed by atoms with E-state index in [4.69, 9.17) is 4.74 Å². The lowest BCUT2D eigenvalue weighted by Gasteiger charge is -2.15. The lowest BCUT2D eigenvalue weighted by atomic mass is 9.95. The van der Waals surface area contributed by atoms with Crippen LogP contribution in [0.5, 0.6) is 17.2 Å². The third-order valence-corrected chi connectivity index (χ3v) is 4.13. The molecule has 25 heavy (non-hydrogen) atoms. The lowest BCUT2D eigenvalue weighted by molar-refractivity contribution is 0.0920. The average molecular weight is 346 g/mol. The van der Waals surface area contributed by atoms with Crippen molar-refractivity contribution < 1.29 is 19.7 Å². The first kappa shape index (κ1) is 20.8. The first-order valence-corrected chi connectivity index (χ1v) is 8.78. The molecular formula is C21H30O4. The van der Waals surface area contributed by atoms with Crippen molar-refractivity contribution in [3.8, 4) is 17.2 Å². The van der Waals surface area contributed by atoms with Crippen LogP contribution in [0, 0.1) is 5.92 Å². The van der Waals surface area contributed by atoms with Gasteiger partial charge in [-0.1, -0.05) is 31.1 Å². The van der Waals surface area contributed by atoms with Crippen molar-refractivity contribution in [1.82, 2.24) is 0 Å². The summed E-state index contributed by atoms with van der Waals surface area (Å²) in [4.78, 5) is 12.5. The van der Waals surface area contributed by atoms with Crippen LogP contribution in [-0.2, 0) is 0 Å². The van der Waals surface area contributed by atoms with Gasteiger partial charge in [0, 0.05) is 18.1 Å². The normalized spacial score (nSPS) is 12.6. The van der Waals surface area contributed by atoms with Gasteiger partial charge in [-0.2, -0.15) is 0 Å². The van der Waals surface area contributed by atoms with E-state index < -0.39 is 0 Å². The van der Waals surface area contributed by atoms with Crippen LogP contribution in [0.25, 0.3) is 0 Å². The molecule has 0 aliphatic rings. The van der Waals surface area contributed by atoms with Gasteiger partial charge < -0.3 is 14.9 Å². The van der Waals surface area contributed by atoms with Gasteiger partial charge in [0.05, 0.1) is 0 Å². The van der Waals surface area contributed by atoms with Crippen molar-refractivity contribution in [2.75, 3.05) is 6.61 Å². The van der Waals surface area contributed by atoms with Crippen molar-refractivity contribution in [1.29, 1.82) is 0 Å². The van der Waals surface area contributed by atoms with Gasteiger partial charge in [-0.15, -0.1) is 0 Å². The number of hydrogen-bond donors (Lipinski definition) is 2. The maximum absolute atomic E-state index is 12.5. The van der Waals surface area contributed by atoms with Crippen molar-refractivity contribution >= 4 is 5.78 Å². The van der Waals surface area contributed by atoms with Gasteiger partial charge in [-0.3, -0.25) is 4.79 Å². The molecule has 0 radical (unpaired) electrons. The molecule has 138 valence electrons. The fourth-order valence-corrected chi connectivity index (χ4v) is 2.34. The first-order chi connectivity index (χ1) is 11.8. The maximum Gasteiger partial charge on any atom is 0.173 e. The number of phenols is 2. The summed E-state index contributed by atoms with van der Waals surface area (Å²) in [6.45, 7) is 10.2. The zero-order valence-corrected chi connectivity index (χ0v) is 15.9. The van der Waals surface area contributed by atoms with Crippen LogP contribution in [0.4, 0.5) is 0 Å². The van der Waals surface area contributed by atoms with E-state index in [1.165, 1.54) is 23.3 Å². The topological polar surface area (TPSA) is 66.8 Å². The molecule has 0 aromatic heterocycles. The van der Waals surface area contributed by atoms with Crippen molar-refractivity contribution in [2.24, 2.45) is 5.92 Å². The van der Waals surface area contributed by atoms with Crippen LogP contribution in [0.1, 0.15) is 64.2 Å². The molecular weight excluding hydrogens is 316 g/mol. The Morgan fingerprint density at radius 2 is 1.88 bits per heavy atom. The number of ether oxygens (including phenoxy) is 1. The average Bonchev–Trinajstić information content (AvgIpc) is 2.52. The minimum Gasteiger partial charge on any atom is -0.508 e. The van der Waals surface area contributed by atoms with Gasteiger partial charge >= 0.3 is 0 Å². The Labute approximate surface area is 150 Å². The second-order valence-electron chi connectivity index (χ2n) is 6.69. The zero-order chi connectivity index (χ0) is 19.0. The minimum absolute atomic E-state index is 0.127. The standard InChI is InChI=1S/C21H30O4/c1-6-16(5)21(24)20-18(23)12-17(22)13-19(20)25-11-10-15(4)9-7-8-14(2)3/h8,10,12-13,16,22-23H,6-7,9,11H2,1-5H3/t16-/m1/s1. The maximum atomic E-state index is 12.5. The van der Waals surface area contributed by atoms with E-state index in [1.807, 2.05) is 26.8 Å². The molecule has 0 bridgehead atoms. The summed E-state index contributed by atoms with van der Waals surface area (Å²) >= 11 is 0. The molecule has 0 saturated carbocycles. The van der Waals surface area contributed by atoms with Gasteiger partial charge in [0.1, 0.15) is 29.4 Å². The Kier molecular flexibility index (Phi) is 8.26. The molecule has 4 heteroatoms. The fourth-order valence-electron chi connectivity index (χ4n) is 2.34. The van der Waals surface area contributed by atoms with Crippen LogP contribution < -0.4 is 4.74 Å². The summed E-state index contributed by atoms with van der Waals surface area (Å²) in [5, 5.41) is 19.8. The third-order valence-electron chi connectivity index (χ3n) is 4.13. The predicted octanol–water partition coefficient (Wildman–Crippen LogP) is 5.40. The third kappa shape index (κ3) is 6.65. The number of Topliss-reactive ketones (excluding diaryl/α,β-unsaturated/α-hetero) is 1. The SMILES string of the molecule is CC[C@@H](C)C(=O)c1c(O)cc(O)cc1OCC=C(C)CCC=C(C)C. The van der Waals surface area contributed by atoms with Crippen LogP contribution in [0.3, 0.4) is 0 Å². The second-order valence-corrected chi connectivity index (χ2v) is 6.69. The highest BCUT2D eigenvalue weighted by Gasteiger charge is 2.23. The second kappa shape index (κ2) is 9.92. The fraction of sp³-hybridized carbons (Fsp3) is 0.476.